The molecule has 6 aromatic carbocycles. The molecule has 0 saturated carbocycles. The Kier molecular flexibility index (Phi) is 9.37. The van der Waals surface area contributed by atoms with Gasteiger partial charge in [0.05, 0.1) is 5.69 Å². The zero-order valence-corrected chi connectivity index (χ0v) is 30.8. The van der Waals surface area contributed by atoms with E-state index in [1.165, 1.54) is 0 Å². The topological polar surface area (TPSA) is 50.4 Å². The summed E-state index contributed by atoms with van der Waals surface area (Å²) in [4.78, 5) is 10.3. The van der Waals surface area contributed by atoms with Gasteiger partial charge in [-0.25, -0.2) is 0 Å². The molecule has 9 aromatic rings. The average molecular weight is 862 g/mol. The number of imidazole rings is 1. The predicted molar refractivity (Wildman–Crippen MR) is 212 cm³/mol. The first-order chi connectivity index (χ1) is 25.7. The molecule has 0 radical (unpaired) electrons. The van der Waals surface area contributed by atoms with Crippen LogP contribution in [0, 0.1) is 6.07 Å². The van der Waals surface area contributed by atoms with E-state index >= 15 is 0 Å². The largest absolute Gasteiger partial charge is 0.507 e. The van der Waals surface area contributed by atoms with Gasteiger partial charge in [-0.05, 0) is 87.5 Å². The van der Waals surface area contributed by atoms with Crippen LogP contribution in [0.5, 0.6) is 5.75 Å². The van der Waals surface area contributed by atoms with Gasteiger partial charge in [-0.1, -0.05) is 126 Å². The molecular weight excluding hydrogens is 830 g/mol. The van der Waals surface area contributed by atoms with Gasteiger partial charge < -0.3 is 9.51 Å². The van der Waals surface area contributed by atoms with Gasteiger partial charge in [-0.2, -0.15) is 0 Å². The normalized spacial score (nSPS) is 10.9. The maximum Gasteiger partial charge on any atom is 0.129 e. The molecule has 53 heavy (non-hydrogen) atoms. The van der Waals surface area contributed by atoms with Crippen LogP contribution < -0.4 is 0 Å². The summed E-state index contributed by atoms with van der Waals surface area (Å²) in [6, 6.07) is 65.5. The smallest absolute Gasteiger partial charge is 0.129 e. The van der Waals surface area contributed by atoms with Crippen LogP contribution in [-0.4, -0.2) is 19.5 Å². The zero-order valence-electron chi connectivity index (χ0n) is 28.5. The van der Waals surface area contributed by atoms with Crippen LogP contribution in [0.25, 0.3) is 84.1 Å². The van der Waals surface area contributed by atoms with E-state index in [1.807, 2.05) is 84.9 Å². The summed E-state index contributed by atoms with van der Waals surface area (Å²) >= 11 is 0. The van der Waals surface area contributed by atoms with Crippen LogP contribution in [0.15, 0.2) is 188 Å². The molecule has 256 valence electrons. The molecule has 0 bridgehead atoms. The van der Waals surface area contributed by atoms with Crippen molar-refractivity contribution in [2.75, 3.05) is 0 Å². The van der Waals surface area contributed by atoms with Crippen molar-refractivity contribution < 1.29 is 26.2 Å². The van der Waals surface area contributed by atoms with E-state index in [1.54, 1.807) is 6.07 Å². The van der Waals surface area contributed by atoms with Crippen molar-refractivity contribution in [3.8, 4) is 84.2 Å². The number of benzene rings is 6. The number of phenols is 1. The second-order valence-electron chi connectivity index (χ2n) is 12.8. The summed E-state index contributed by atoms with van der Waals surface area (Å²) in [6.07, 6.45) is 2.08. The van der Waals surface area contributed by atoms with E-state index in [-0.39, 0.29) is 26.8 Å². The van der Waals surface area contributed by atoms with Crippen LogP contribution >= 0.6 is 0 Å². The predicted octanol–water partition coefficient (Wildman–Crippen LogP) is 11.9. The molecule has 1 N–H and O–H groups in total. The van der Waals surface area contributed by atoms with Crippen LogP contribution in [0.3, 0.4) is 0 Å². The number of pyridine rings is 2. The Hall–Kier alpha value is -6.35. The van der Waals surface area contributed by atoms with Crippen molar-refractivity contribution in [3.63, 3.8) is 0 Å². The third kappa shape index (κ3) is 6.73. The molecule has 0 aliphatic carbocycles. The van der Waals surface area contributed by atoms with Crippen LogP contribution in [-0.2, 0) is 21.1 Å². The number of hydrogen-bond acceptors (Lipinski definition) is 3. The monoisotopic (exact) mass is 861 g/mol. The minimum absolute atomic E-state index is 0. The SMILES string of the molecule is Oc1ccccc1-c1cc(-c2ccccc2)cc(-c2[c-]c(-c3nc4ccccn4c3-c3cc(-c4ccccc4)cc(-c4ccccc4)c3)ccc2)n1.[Pt]. The van der Waals surface area contributed by atoms with E-state index in [9.17, 15) is 5.11 Å². The summed E-state index contributed by atoms with van der Waals surface area (Å²) in [5.74, 6) is 0.186. The van der Waals surface area contributed by atoms with Crippen LogP contribution in [0.1, 0.15) is 0 Å². The fourth-order valence-corrected chi connectivity index (χ4v) is 6.87. The van der Waals surface area contributed by atoms with Crippen molar-refractivity contribution in [1.82, 2.24) is 14.4 Å². The first-order valence-electron chi connectivity index (χ1n) is 17.3. The van der Waals surface area contributed by atoms with Gasteiger partial charge in [-0.15, -0.1) is 24.3 Å². The summed E-state index contributed by atoms with van der Waals surface area (Å²) < 4.78 is 2.17. The quantitative estimate of drug-likeness (QED) is 0.162. The molecule has 0 amide bonds. The van der Waals surface area contributed by atoms with E-state index in [4.69, 9.17) is 9.97 Å². The Morgan fingerprint density at radius 2 is 0.962 bits per heavy atom. The van der Waals surface area contributed by atoms with E-state index in [0.717, 1.165) is 72.8 Å². The fraction of sp³-hybridized carbons (Fsp3) is 0. The number of aromatic hydroxyl groups is 1. The molecule has 3 aromatic heterocycles. The Morgan fingerprint density at radius 3 is 1.60 bits per heavy atom. The maximum absolute atomic E-state index is 10.8. The first-order valence-corrected chi connectivity index (χ1v) is 17.3. The molecule has 0 atom stereocenters. The van der Waals surface area contributed by atoms with Gasteiger partial charge in [0.15, 0.2) is 0 Å². The Labute approximate surface area is 323 Å². The second-order valence-corrected chi connectivity index (χ2v) is 12.8. The van der Waals surface area contributed by atoms with Crippen LogP contribution in [0.2, 0.25) is 0 Å². The van der Waals surface area contributed by atoms with E-state index in [2.05, 4.69) is 108 Å². The molecule has 0 unspecified atom stereocenters. The number of fused-ring (bicyclic) bond motifs is 1. The first kappa shape index (κ1) is 33.8. The standard InChI is InChI=1S/C48H32N3O.Pt/c52-45-24-11-10-23-42(45)44-32-40(35-19-8-3-9-20-35)31-43(49-44)36-21-14-22-37(27-36)47-48(51-26-13-12-25-46(51)50-47)41-29-38(33-15-4-1-5-16-33)28-39(30-41)34-17-6-2-7-18-34;/h1-26,28-32,52H;/q-1;. The molecule has 0 aliphatic heterocycles. The summed E-state index contributed by atoms with van der Waals surface area (Å²) in [5.41, 5.74) is 14.2. The van der Waals surface area contributed by atoms with Gasteiger partial charge in [0.2, 0.25) is 0 Å². The minimum Gasteiger partial charge on any atom is -0.507 e. The summed E-state index contributed by atoms with van der Waals surface area (Å²) in [5, 5.41) is 10.8. The number of hydrogen-bond donors (Lipinski definition) is 1. The third-order valence-electron chi connectivity index (χ3n) is 9.39. The molecule has 3 heterocycles. The third-order valence-corrected chi connectivity index (χ3v) is 9.39. The molecular formula is C48H32N3OPt-. The molecule has 5 heteroatoms. The number of rotatable bonds is 7. The van der Waals surface area contributed by atoms with Gasteiger partial charge in [0.1, 0.15) is 11.4 Å². The molecule has 4 nitrogen and oxygen atoms in total. The Morgan fingerprint density at radius 1 is 0.434 bits per heavy atom. The van der Waals surface area contributed by atoms with Crippen molar-refractivity contribution in [3.05, 3.63) is 194 Å². The molecule has 0 aliphatic rings. The average Bonchev–Trinajstić information content (AvgIpc) is 3.62. The minimum atomic E-state index is 0. The number of phenolic OH excluding ortho intramolecular Hbond substituents is 1. The maximum atomic E-state index is 10.8. The summed E-state index contributed by atoms with van der Waals surface area (Å²) in [7, 11) is 0. The Balaban J connectivity index is 0.00000400. The van der Waals surface area contributed by atoms with E-state index < -0.39 is 0 Å². The number of nitrogens with zero attached hydrogens (tertiary/aromatic N) is 3. The fourth-order valence-electron chi connectivity index (χ4n) is 6.87. The van der Waals surface area contributed by atoms with Gasteiger partial charge >= 0.3 is 0 Å². The van der Waals surface area contributed by atoms with Crippen molar-refractivity contribution in [2.24, 2.45) is 0 Å². The van der Waals surface area contributed by atoms with Crippen molar-refractivity contribution in [1.29, 1.82) is 0 Å². The number of aromatic nitrogens is 3. The van der Waals surface area contributed by atoms with E-state index in [0.29, 0.717) is 11.3 Å². The molecule has 0 fully saturated rings. The van der Waals surface area contributed by atoms with Gasteiger partial charge in [-0.3, -0.25) is 9.97 Å². The van der Waals surface area contributed by atoms with Crippen molar-refractivity contribution >= 4 is 5.65 Å². The zero-order chi connectivity index (χ0) is 34.9. The molecule has 0 spiro atoms. The van der Waals surface area contributed by atoms with Crippen LogP contribution in [0.4, 0.5) is 0 Å². The van der Waals surface area contributed by atoms with Crippen molar-refractivity contribution in [2.45, 2.75) is 0 Å². The Bertz CT molecular complexity index is 2630. The molecule has 9 rings (SSSR count). The summed E-state index contributed by atoms with van der Waals surface area (Å²) in [6.45, 7) is 0. The number of para-hydroxylation sites is 1. The molecule has 0 saturated heterocycles. The second kappa shape index (κ2) is 14.7. The van der Waals surface area contributed by atoms with Gasteiger partial charge in [0.25, 0.3) is 0 Å². The van der Waals surface area contributed by atoms with Gasteiger partial charge in [0, 0.05) is 49.9 Å².